The second-order valence-electron chi connectivity index (χ2n) is 9.28. The quantitative estimate of drug-likeness (QED) is 0.0443. The van der Waals surface area contributed by atoms with Gasteiger partial charge in [0.05, 0.1) is 30.6 Å². The largest absolute Gasteiger partial charge is 0.513 e. The topological polar surface area (TPSA) is 114 Å². The first-order chi connectivity index (χ1) is 20.3. The highest BCUT2D eigenvalue weighted by atomic mass is 16.7. The maximum Gasteiger partial charge on any atom is 0.513 e. The number of rotatable bonds is 12. The van der Waals surface area contributed by atoms with Crippen LogP contribution in [0.25, 0.3) is 11.1 Å². The van der Waals surface area contributed by atoms with Crippen molar-refractivity contribution in [2.24, 2.45) is 0 Å². The van der Waals surface area contributed by atoms with Gasteiger partial charge in [0, 0.05) is 12.0 Å². The molecule has 0 bridgehead atoms. The molecule has 3 aromatic carbocycles. The lowest BCUT2D eigenvalue weighted by Gasteiger charge is -2.12. The number of hydrogen-bond acceptors (Lipinski definition) is 9. The van der Waals surface area contributed by atoms with Gasteiger partial charge in [-0.3, -0.25) is 0 Å². The summed E-state index contributed by atoms with van der Waals surface area (Å²) >= 11 is 0. The summed E-state index contributed by atoms with van der Waals surface area (Å²) in [5.41, 5.74) is 4.77. The molecule has 0 fully saturated rings. The minimum absolute atomic E-state index is 0.0242. The van der Waals surface area contributed by atoms with E-state index in [-0.39, 0.29) is 30.4 Å². The van der Waals surface area contributed by atoms with E-state index in [0.29, 0.717) is 24.2 Å². The molecule has 1 atom stereocenters. The van der Waals surface area contributed by atoms with Crippen molar-refractivity contribution in [1.29, 1.82) is 0 Å². The lowest BCUT2D eigenvalue weighted by molar-refractivity contribution is -0.137. The summed E-state index contributed by atoms with van der Waals surface area (Å²) in [5, 5.41) is 0. The van der Waals surface area contributed by atoms with E-state index in [1.165, 1.54) is 24.3 Å². The second kappa shape index (κ2) is 13.9. The third-order valence-electron chi connectivity index (χ3n) is 6.62. The number of carbonyl (C=O) groups is 4. The Morgan fingerprint density at radius 1 is 0.738 bits per heavy atom. The fourth-order valence-electron chi connectivity index (χ4n) is 4.65. The van der Waals surface area contributed by atoms with Crippen molar-refractivity contribution in [3.8, 4) is 22.6 Å². The van der Waals surface area contributed by atoms with Gasteiger partial charge in [-0.05, 0) is 90.0 Å². The Kier molecular flexibility index (Phi) is 9.89. The molecule has 0 N–H and O–H groups in total. The molecule has 9 nitrogen and oxygen atoms in total. The van der Waals surface area contributed by atoms with E-state index in [1.54, 1.807) is 12.1 Å². The predicted molar refractivity (Wildman–Crippen MR) is 153 cm³/mol. The molecule has 0 aromatic heterocycles. The first kappa shape index (κ1) is 29.8. The van der Waals surface area contributed by atoms with Gasteiger partial charge in [0.2, 0.25) is 0 Å². The highest BCUT2D eigenvalue weighted by Gasteiger charge is 2.29. The van der Waals surface area contributed by atoms with E-state index in [1.807, 2.05) is 24.3 Å². The Morgan fingerprint density at radius 2 is 1.36 bits per heavy atom. The number of benzene rings is 3. The number of carbonyl (C=O) groups excluding carboxylic acids is 4. The van der Waals surface area contributed by atoms with Gasteiger partial charge in [-0.1, -0.05) is 32.2 Å². The van der Waals surface area contributed by atoms with Crippen LogP contribution in [0.3, 0.4) is 0 Å². The van der Waals surface area contributed by atoms with Gasteiger partial charge in [0.15, 0.2) is 0 Å². The smallest absolute Gasteiger partial charge is 0.463 e. The van der Waals surface area contributed by atoms with Crippen LogP contribution in [0.1, 0.15) is 63.9 Å². The first-order valence-electron chi connectivity index (χ1n) is 13.4. The van der Waals surface area contributed by atoms with Gasteiger partial charge >= 0.3 is 24.1 Å². The first-order valence-corrected chi connectivity index (χ1v) is 13.4. The fourth-order valence-corrected chi connectivity index (χ4v) is 4.65. The van der Waals surface area contributed by atoms with Crippen LogP contribution in [-0.2, 0) is 19.0 Å². The average molecular weight is 571 g/mol. The molecule has 0 saturated heterocycles. The molecule has 1 unspecified atom stereocenters. The molecule has 3 aromatic rings. The van der Waals surface area contributed by atoms with Crippen LogP contribution in [0.5, 0.6) is 11.5 Å². The van der Waals surface area contributed by atoms with Crippen LogP contribution in [0.2, 0.25) is 0 Å². The average Bonchev–Trinajstić information content (AvgIpc) is 3.31. The predicted octanol–water partition coefficient (Wildman–Crippen LogP) is 6.75. The minimum atomic E-state index is -0.886. The maximum atomic E-state index is 12.8. The van der Waals surface area contributed by atoms with E-state index < -0.39 is 24.1 Å². The van der Waals surface area contributed by atoms with E-state index in [2.05, 4.69) is 20.1 Å². The van der Waals surface area contributed by atoms with Crippen molar-refractivity contribution in [2.45, 2.75) is 32.1 Å². The molecule has 1 aliphatic rings. The molecule has 42 heavy (non-hydrogen) atoms. The number of esters is 3. The molecular weight excluding hydrogens is 540 g/mol. The van der Waals surface area contributed by atoms with E-state index in [9.17, 15) is 19.2 Å². The van der Waals surface area contributed by atoms with Crippen molar-refractivity contribution in [3.63, 3.8) is 0 Å². The Morgan fingerprint density at radius 3 is 2.02 bits per heavy atom. The molecule has 216 valence electrons. The number of fused-ring (bicyclic) bond motifs is 3. The molecule has 0 amide bonds. The SMILES string of the molecule is C=COC(=O)c1ccc2c(c1)C(CC)c1cc(OC(=O)c3ccc(OC(=O)OCCCCOC(=O)C=C)cc3)ccc1-2. The molecule has 0 aliphatic heterocycles. The summed E-state index contributed by atoms with van der Waals surface area (Å²) in [6.07, 6.45) is 3.09. The van der Waals surface area contributed by atoms with Crippen molar-refractivity contribution >= 4 is 24.1 Å². The van der Waals surface area contributed by atoms with E-state index in [0.717, 1.165) is 41.0 Å². The van der Waals surface area contributed by atoms with Crippen LogP contribution in [0, 0.1) is 0 Å². The highest BCUT2D eigenvalue weighted by Crippen LogP contribution is 2.47. The van der Waals surface area contributed by atoms with Gasteiger partial charge in [-0.15, -0.1) is 0 Å². The molecule has 0 saturated carbocycles. The third-order valence-corrected chi connectivity index (χ3v) is 6.62. The maximum absolute atomic E-state index is 12.8. The van der Waals surface area contributed by atoms with E-state index in [4.69, 9.17) is 23.7 Å². The standard InChI is InChI=1S/C33H30O9/c1-4-25-28-19-22(31(35)38-6-3)11-15-26(28)27-16-14-24(20-29(25)27)41-32(36)21-9-12-23(13-10-21)42-33(37)40-18-8-7-17-39-30(34)5-2/h5-6,9-16,19-20,25H,2-4,7-8,17-18H2,1H3. The van der Waals surface area contributed by atoms with Gasteiger partial charge in [0.1, 0.15) is 11.5 Å². The molecule has 4 rings (SSSR count). The van der Waals surface area contributed by atoms with Gasteiger partial charge in [0.25, 0.3) is 0 Å². The Bertz CT molecular complexity index is 1500. The summed E-state index contributed by atoms with van der Waals surface area (Å²) in [6, 6.07) is 16.9. The number of unbranched alkanes of at least 4 members (excludes halogenated alkanes) is 1. The monoisotopic (exact) mass is 570 g/mol. The zero-order valence-corrected chi connectivity index (χ0v) is 23.1. The molecular formula is C33H30O9. The lowest BCUT2D eigenvalue weighted by atomic mass is 9.93. The zero-order valence-electron chi connectivity index (χ0n) is 23.1. The minimum Gasteiger partial charge on any atom is -0.463 e. The Hall–Kier alpha value is -5.18. The summed E-state index contributed by atoms with van der Waals surface area (Å²) in [6.45, 7) is 9.10. The molecule has 9 heteroatoms. The summed E-state index contributed by atoms with van der Waals surface area (Å²) in [7, 11) is 0. The molecule has 0 heterocycles. The van der Waals surface area contributed by atoms with Crippen molar-refractivity contribution in [1.82, 2.24) is 0 Å². The highest BCUT2D eigenvalue weighted by molar-refractivity contribution is 5.93. The summed E-state index contributed by atoms with van der Waals surface area (Å²) < 4.78 is 25.5. The van der Waals surface area contributed by atoms with Crippen LogP contribution in [0.4, 0.5) is 4.79 Å². The molecule has 0 radical (unpaired) electrons. The van der Waals surface area contributed by atoms with Crippen LogP contribution in [0.15, 0.2) is 86.2 Å². The van der Waals surface area contributed by atoms with Gasteiger partial charge < -0.3 is 23.7 Å². The number of ether oxygens (including phenoxy) is 5. The lowest BCUT2D eigenvalue weighted by Crippen LogP contribution is -2.12. The molecule has 0 spiro atoms. The second-order valence-corrected chi connectivity index (χ2v) is 9.28. The van der Waals surface area contributed by atoms with Crippen molar-refractivity contribution in [2.75, 3.05) is 13.2 Å². The fraction of sp³-hybridized carbons (Fsp3) is 0.212. The van der Waals surface area contributed by atoms with E-state index >= 15 is 0 Å². The Balaban J connectivity index is 1.33. The molecule has 1 aliphatic carbocycles. The van der Waals surface area contributed by atoms with Crippen LogP contribution in [-0.4, -0.2) is 37.3 Å². The number of hydrogen-bond donors (Lipinski definition) is 0. The van der Waals surface area contributed by atoms with Gasteiger partial charge in [-0.2, -0.15) is 0 Å². The van der Waals surface area contributed by atoms with Gasteiger partial charge in [-0.25, -0.2) is 19.2 Å². The third kappa shape index (κ3) is 7.11. The summed E-state index contributed by atoms with van der Waals surface area (Å²) in [5.74, 6) is -0.929. The zero-order chi connectivity index (χ0) is 30.1. The van der Waals surface area contributed by atoms with Crippen molar-refractivity contribution < 1.29 is 42.9 Å². The Labute approximate surface area is 243 Å². The van der Waals surface area contributed by atoms with Crippen molar-refractivity contribution in [3.05, 3.63) is 108 Å². The van der Waals surface area contributed by atoms with Crippen LogP contribution < -0.4 is 9.47 Å². The normalized spacial score (nSPS) is 12.7. The summed E-state index contributed by atoms with van der Waals surface area (Å²) in [4.78, 5) is 47.9. The van der Waals surface area contributed by atoms with Crippen LogP contribution >= 0.6 is 0 Å².